The van der Waals surface area contributed by atoms with Crippen molar-refractivity contribution in [3.63, 3.8) is 0 Å². The number of aliphatic hydroxyl groups excluding tert-OH is 2. The van der Waals surface area contributed by atoms with Crippen LogP contribution in [0.4, 0.5) is 0 Å². The van der Waals surface area contributed by atoms with Crippen molar-refractivity contribution >= 4 is 0 Å². The van der Waals surface area contributed by atoms with Crippen molar-refractivity contribution in [2.75, 3.05) is 20.3 Å². The third-order valence-electron chi connectivity index (χ3n) is 8.14. The fourth-order valence-corrected chi connectivity index (χ4v) is 6.10. The number of methoxy groups -OCH3 is 1. The lowest BCUT2D eigenvalue weighted by Crippen LogP contribution is -2.40. The summed E-state index contributed by atoms with van der Waals surface area (Å²) in [7, 11) is 1.59. The average molecular weight is 519 g/mol. The lowest BCUT2D eigenvalue weighted by molar-refractivity contribution is -0.0554. The lowest BCUT2D eigenvalue weighted by atomic mass is 9.77. The van der Waals surface area contributed by atoms with E-state index in [9.17, 15) is 15.3 Å². The number of benzene rings is 3. The molecule has 0 radical (unpaired) electrons. The van der Waals surface area contributed by atoms with Gasteiger partial charge in [0, 0.05) is 34.9 Å². The molecular weight excluding hydrogens is 484 g/mol. The molecule has 3 aliphatic rings. The zero-order valence-corrected chi connectivity index (χ0v) is 21.5. The smallest absolute Gasteiger partial charge is 0.128 e. The molecule has 4 atom stereocenters. The van der Waals surface area contributed by atoms with E-state index < -0.39 is 12.2 Å². The molecule has 1 fully saturated rings. The maximum absolute atomic E-state index is 11.7. The largest absolute Gasteiger partial charge is 0.508 e. The zero-order valence-electron chi connectivity index (χ0n) is 21.5. The molecule has 1 aliphatic carbocycles. The maximum Gasteiger partial charge on any atom is 0.128 e. The van der Waals surface area contributed by atoms with Crippen LogP contribution >= 0.6 is 0 Å². The summed E-state index contributed by atoms with van der Waals surface area (Å²) in [5, 5.41) is 33.0. The summed E-state index contributed by atoms with van der Waals surface area (Å²) < 4.78 is 24.0. The molecule has 0 spiro atoms. The normalized spacial score (nSPS) is 24.6. The molecular formula is C31H34O7. The van der Waals surface area contributed by atoms with Gasteiger partial charge in [-0.25, -0.2) is 0 Å². The van der Waals surface area contributed by atoms with E-state index in [-0.39, 0.29) is 36.9 Å². The second-order valence-electron chi connectivity index (χ2n) is 10.6. The van der Waals surface area contributed by atoms with E-state index in [4.69, 9.17) is 18.9 Å². The van der Waals surface area contributed by atoms with Gasteiger partial charge >= 0.3 is 0 Å². The Balaban J connectivity index is 1.32. The summed E-state index contributed by atoms with van der Waals surface area (Å²) in [4.78, 5) is 0. The standard InChI is InChI=1S/C31H34O7/c1-35-22-9-10-28-24(14-22)29(33)26(16-36-28)27-17-37-31-19(11-18-5-4-6-20(32)12-18)13-23(15-25(31)30(27)34)38-21-7-2-3-8-21/h4-6,9-10,12-15,21,26-27,29-30,32-34H,2-3,7-8,11,16-17H2,1H3. The summed E-state index contributed by atoms with van der Waals surface area (Å²) >= 11 is 0. The van der Waals surface area contributed by atoms with Gasteiger partial charge in [-0.15, -0.1) is 0 Å². The number of aromatic hydroxyl groups is 1. The first-order valence-electron chi connectivity index (χ1n) is 13.4. The molecule has 2 heterocycles. The van der Waals surface area contributed by atoms with Crippen molar-refractivity contribution in [2.45, 2.75) is 50.4 Å². The van der Waals surface area contributed by atoms with Gasteiger partial charge in [-0.1, -0.05) is 12.1 Å². The topological polar surface area (TPSA) is 97.6 Å². The van der Waals surface area contributed by atoms with Gasteiger partial charge in [0.1, 0.15) is 28.7 Å². The lowest BCUT2D eigenvalue weighted by Gasteiger charge is -2.40. The average Bonchev–Trinajstić information content (AvgIpc) is 3.43. The van der Waals surface area contributed by atoms with E-state index in [1.54, 1.807) is 37.4 Å². The van der Waals surface area contributed by atoms with Gasteiger partial charge in [-0.05, 0) is 73.7 Å². The molecule has 3 N–H and O–H groups in total. The van der Waals surface area contributed by atoms with Crippen LogP contribution in [0, 0.1) is 11.8 Å². The Hall–Kier alpha value is -3.42. The summed E-state index contributed by atoms with van der Waals surface area (Å²) in [6.07, 6.45) is 3.35. The van der Waals surface area contributed by atoms with E-state index >= 15 is 0 Å². The number of aliphatic hydroxyl groups is 2. The molecule has 3 aromatic carbocycles. The summed E-state index contributed by atoms with van der Waals surface area (Å²) in [5.74, 6) is 2.08. The van der Waals surface area contributed by atoms with Crippen molar-refractivity contribution in [1.29, 1.82) is 0 Å². The molecule has 200 valence electrons. The Morgan fingerprint density at radius 1 is 0.842 bits per heavy atom. The number of phenolic OH excluding ortho intramolecular Hbond substituents is 1. The second kappa shape index (κ2) is 10.4. The van der Waals surface area contributed by atoms with Crippen LogP contribution in [0.2, 0.25) is 0 Å². The molecule has 0 saturated heterocycles. The van der Waals surface area contributed by atoms with E-state index in [1.165, 1.54) is 0 Å². The number of fused-ring (bicyclic) bond motifs is 2. The SMILES string of the molecule is COc1ccc2c(c1)C(O)C(C1COc3c(Cc4cccc(O)c4)cc(OC4CCCC4)cc3C1O)CO2. The van der Waals surface area contributed by atoms with Crippen molar-refractivity contribution in [2.24, 2.45) is 11.8 Å². The van der Waals surface area contributed by atoms with Crippen LogP contribution in [0.25, 0.3) is 0 Å². The summed E-state index contributed by atoms with van der Waals surface area (Å²) in [6.45, 7) is 0.518. The Kier molecular flexibility index (Phi) is 6.80. The van der Waals surface area contributed by atoms with E-state index in [2.05, 4.69) is 0 Å². The Bertz CT molecular complexity index is 1300. The molecule has 2 aliphatic heterocycles. The van der Waals surface area contributed by atoms with Gasteiger partial charge in [0.2, 0.25) is 0 Å². The fraction of sp³-hybridized carbons (Fsp3) is 0.419. The zero-order chi connectivity index (χ0) is 26.2. The molecule has 7 heteroatoms. The van der Waals surface area contributed by atoms with Crippen LogP contribution in [0.15, 0.2) is 54.6 Å². The van der Waals surface area contributed by atoms with E-state index in [1.807, 2.05) is 24.3 Å². The first-order chi connectivity index (χ1) is 18.5. The highest BCUT2D eigenvalue weighted by Gasteiger charge is 2.43. The highest BCUT2D eigenvalue weighted by Crippen LogP contribution is 2.48. The van der Waals surface area contributed by atoms with Crippen LogP contribution < -0.4 is 18.9 Å². The predicted octanol–water partition coefficient (Wildman–Crippen LogP) is 5.10. The van der Waals surface area contributed by atoms with Crippen LogP contribution in [0.5, 0.6) is 28.7 Å². The molecule has 1 saturated carbocycles. The molecule has 7 nitrogen and oxygen atoms in total. The third kappa shape index (κ3) is 4.76. The second-order valence-corrected chi connectivity index (χ2v) is 10.6. The molecule has 6 rings (SSSR count). The van der Waals surface area contributed by atoms with Gasteiger partial charge in [-0.3, -0.25) is 0 Å². The molecule has 4 unspecified atom stereocenters. The molecule has 3 aromatic rings. The first-order valence-corrected chi connectivity index (χ1v) is 13.4. The minimum atomic E-state index is -0.871. The van der Waals surface area contributed by atoms with Crippen LogP contribution in [0.1, 0.15) is 60.1 Å². The Labute approximate surface area is 222 Å². The minimum Gasteiger partial charge on any atom is -0.508 e. The summed E-state index contributed by atoms with van der Waals surface area (Å²) in [5.41, 5.74) is 3.15. The number of ether oxygens (including phenoxy) is 4. The quantitative estimate of drug-likeness (QED) is 0.418. The highest BCUT2D eigenvalue weighted by molar-refractivity contribution is 5.52. The van der Waals surface area contributed by atoms with Crippen LogP contribution in [-0.4, -0.2) is 41.7 Å². The molecule has 0 amide bonds. The van der Waals surface area contributed by atoms with Crippen molar-refractivity contribution in [3.8, 4) is 28.7 Å². The molecule has 0 aromatic heterocycles. The van der Waals surface area contributed by atoms with Gasteiger partial charge in [0.05, 0.1) is 38.6 Å². The Morgan fingerprint density at radius 3 is 2.34 bits per heavy atom. The Morgan fingerprint density at radius 2 is 1.58 bits per heavy atom. The first kappa shape index (κ1) is 24.9. The van der Waals surface area contributed by atoms with Crippen molar-refractivity contribution in [1.82, 2.24) is 0 Å². The van der Waals surface area contributed by atoms with Gasteiger partial charge in [0.25, 0.3) is 0 Å². The number of hydrogen-bond acceptors (Lipinski definition) is 7. The van der Waals surface area contributed by atoms with Crippen LogP contribution in [-0.2, 0) is 6.42 Å². The molecule has 38 heavy (non-hydrogen) atoms. The van der Waals surface area contributed by atoms with E-state index in [0.29, 0.717) is 40.5 Å². The van der Waals surface area contributed by atoms with Gasteiger partial charge < -0.3 is 34.3 Å². The maximum atomic E-state index is 11.7. The van der Waals surface area contributed by atoms with Crippen molar-refractivity contribution < 1.29 is 34.3 Å². The molecule has 0 bridgehead atoms. The monoisotopic (exact) mass is 518 g/mol. The number of rotatable bonds is 6. The van der Waals surface area contributed by atoms with Crippen LogP contribution in [0.3, 0.4) is 0 Å². The van der Waals surface area contributed by atoms with Crippen molar-refractivity contribution in [3.05, 3.63) is 76.9 Å². The third-order valence-corrected chi connectivity index (χ3v) is 8.14. The van der Waals surface area contributed by atoms with Gasteiger partial charge in [0.15, 0.2) is 0 Å². The predicted molar refractivity (Wildman–Crippen MR) is 141 cm³/mol. The number of hydrogen-bond donors (Lipinski definition) is 3. The van der Waals surface area contributed by atoms with E-state index in [0.717, 1.165) is 36.8 Å². The number of phenols is 1. The summed E-state index contributed by atoms with van der Waals surface area (Å²) in [6, 6.07) is 16.4. The minimum absolute atomic E-state index is 0.166. The fourth-order valence-electron chi connectivity index (χ4n) is 6.10. The highest BCUT2D eigenvalue weighted by atomic mass is 16.5. The van der Waals surface area contributed by atoms with Gasteiger partial charge in [-0.2, -0.15) is 0 Å².